The van der Waals surface area contributed by atoms with Crippen molar-refractivity contribution in [2.75, 3.05) is 0 Å². The van der Waals surface area contributed by atoms with E-state index in [2.05, 4.69) is 209 Å². The minimum atomic E-state index is 0.548. The molecule has 272 valence electrons. The second kappa shape index (κ2) is 14.0. The Morgan fingerprint density at radius 1 is 0.310 bits per heavy atom. The minimum absolute atomic E-state index is 0.548. The fourth-order valence-electron chi connectivity index (χ4n) is 8.62. The highest BCUT2D eigenvalue weighted by Gasteiger charge is 2.30. The lowest BCUT2D eigenvalue weighted by Crippen LogP contribution is -2.06. The predicted octanol–water partition coefficient (Wildman–Crippen LogP) is 13.2. The molecule has 0 N–H and O–H groups in total. The number of aromatic nitrogens is 5. The van der Waals surface area contributed by atoms with E-state index in [1.807, 2.05) is 12.3 Å². The van der Waals surface area contributed by atoms with E-state index in [1.54, 1.807) is 0 Å². The van der Waals surface area contributed by atoms with Gasteiger partial charge < -0.3 is 0 Å². The Balaban J connectivity index is 1.34. The minimum Gasteiger partial charge on any atom is -0.276 e. The SMILES string of the molecule is c1ccc(-c2c(-c3ccccc3)c(-c3ccccc3)c(-c3ccnc(-n4c5ccccc5n5c6ccccc6nc45)n3)c(-c3ccccc3)c2-c2ccccc2)cc1. The Labute approximate surface area is 335 Å². The lowest BCUT2D eigenvalue weighted by Gasteiger charge is -2.28. The van der Waals surface area contributed by atoms with Crippen molar-refractivity contribution in [1.29, 1.82) is 0 Å². The number of para-hydroxylation sites is 4. The van der Waals surface area contributed by atoms with Gasteiger partial charge in [-0.25, -0.2) is 19.5 Å². The largest absolute Gasteiger partial charge is 0.276 e. The Kier molecular flexibility index (Phi) is 8.07. The first-order valence-corrected chi connectivity index (χ1v) is 19.5. The zero-order chi connectivity index (χ0) is 38.4. The topological polar surface area (TPSA) is 48.0 Å². The molecule has 3 aromatic heterocycles. The third kappa shape index (κ3) is 5.44. The predicted molar refractivity (Wildman–Crippen MR) is 238 cm³/mol. The van der Waals surface area contributed by atoms with E-state index in [0.29, 0.717) is 5.95 Å². The van der Waals surface area contributed by atoms with Gasteiger partial charge in [-0.15, -0.1) is 0 Å². The summed E-state index contributed by atoms with van der Waals surface area (Å²) < 4.78 is 4.30. The van der Waals surface area contributed by atoms with Gasteiger partial charge in [0.25, 0.3) is 0 Å². The number of benzene rings is 8. The number of hydrogen-bond donors (Lipinski definition) is 0. The summed E-state index contributed by atoms with van der Waals surface area (Å²) in [6.45, 7) is 0. The van der Waals surface area contributed by atoms with Gasteiger partial charge >= 0.3 is 0 Å². The Bertz CT molecular complexity index is 3140. The van der Waals surface area contributed by atoms with E-state index >= 15 is 0 Å². The summed E-state index contributed by atoms with van der Waals surface area (Å²) in [4.78, 5) is 15.8. The van der Waals surface area contributed by atoms with Crippen molar-refractivity contribution in [2.45, 2.75) is 0 Å². The maximum atomic E-state index is 5.60. The second-order valence-electron chi connectivity index (χ2n) is 14.4. The molecular formula is C53H35N5. The van der Waals surface area contributed by atoms with Crippen LogP contribution in [-0.4, -0.2) is 23.9 Å². The Hall–Kier alpha value is -7.89. The quantitative estimate of drug-likeness (QED) is 0.163. The van der Waals surface area contributed by atoms with Gasteiger partial charge in [0, 0.05) is 22.9 Å². The molecule has 8 aromatic carbocycles. The maximum absolute atomic E-state index is 5.60. The molecular weight excluding hydrogens is 707 g/mol. The summed E-state index contributed by atoms with van der Waals surface area (Å²) in [7, 11) is 0. The first-order valence-electron chi connectivity index (χ1n) is 19.5. The molecule has 0 aliphatic heterocycles. The molecule has 0 amide bonds. The average molecular weight is 742 g/mol. The van der Waals surface area contributed by atoms with Crippen LogP contribution in [-0.2, 0) is 0 Å². The highest BCUT2D eigenvalue weighted by atomic mass is 15.3. The summed E-state index contributed by atoms with van der Waals surface area (Å²) in [5, 5.41) is 0. The second-order valence-corrected chi connectivity index (χ2v) is 14.4. The van der Waals surface area contributed by atoms with E-state index in [-0.39, 0.29) is 0 Å². The van der Waals surface area contributed by atoms with Gasteiger partial charge in [0.15, 0.2) is 0 Å². The molecule has 58 heavy (non-hydrogen) atoms. The van der Waals surface area contributed by atoms with Crippen LogP contribution >= 0.6 is 0 Å². The molecule has 5 heteroatoms. The van der Waals surface area contributed by atoms with Crippen LogP contribution in [0.5, 0.6) is 0 Å². The highest BCUT2D eigenvalue weighted by molar-refractivity contribution is 6.14. The van der Waals surface area contributed by atoms with Crippen LogP contribution in [0.25, 0.3) is 101 Å². The lowest BCUT2D eigenvalue weighted by molar-refractivity contribution is 0.969. The molecule has 0 aliphatic rings. The molecule has 0 bridgehead atoms. The first-order chi connectivity index (χ1) is 28.8. The molecule has 3 heterocycles. The van der Waals surface area contributed by atoms with Crippen molar-refractivity contribution in [1.82, 2.24) is 23.9 Å². The summed E-state index contributed by atoms with van der Waals surface area (Å²) in [5.41, 5.74) is 17.0. The fourth-order valence-corrected chi connectivity index (χ4v) is 8.62. The molecule has 0 saturated carbocycles. The number of rotatable bonds is 7. The number of hydrogen-bond acceptors (Lipinski definition) is 3. The molecule has 5 nitrogen and oxygen atoms in total. The van der Waals surface area contributed by atoms with Gasteiger partial charge in [0.2, 0.25) is 11.7 Å². The molecule has 0 atom stereocenters. The summed E-state index contributed by atoms with van der Waals surface area (Å²) in [5.74, 6) is 1.31. The zero-order valence-corrected chi connectivity index (χ0v) is 31.4. The zero-order valence-electron chi connectivity index (χ0n) is 31.4. The van der Waals surface area contributed by atoms with Crippen LogP contribution in [0, 0.1) is 0 Å². The van der Waals surface area contributed by atoms with Gasteiger partial charge in [0.1, 0.15) is 0 Å². The monoisotopic (exact) mass is 741 g/mol. The average Bonchev–Trinajstić information content (AvgIpc) is 3.84. The number of imidazole rings is 2. The van der Waals surface area contributed by atoms with E-state index in [4.69, 9.17) is 15.0 Å². The summed E-state index contributed by atoms with van der Waals surface area (Å²) in [6.07, 6.45) is 1.89. The number of nitrogens with zero attached hydrogens (tertiary/aromatic N) is 5. The van der Waals surface area contributed by atoms with Crippen LogP contribution in [0.15, 0.2) is 212 Å². The van der Waals surface area contributed by atoms with E-state index < -0.39 is 0 Å². The summed E-state index contributed by atoms with van der Waals surface area (Å²) >= 11 is 0. The van der Waals surface area contributed by atoms with Crippen LogP contribution in [0.2, 0.25) is 0 Å². The van der Waals surface area contributed by atoms with Gasteiger partial charge in [-0.2, -0.15) is 0 Å². The van der Waals surface area contributed by atoms with Gasteiger partial charge in [-0.05, 0) is 74.8 Å². The molecule has 0 fully saturated rings. The fraction of sp³-hybridized carbons (Fsp3) is 0. The van der Waals surface area contributed by atoms with E-state index in [0.717, 1.165) is 94.7 Å². The lowest BCUT2D eigenvalue weighted by atomic mass is 9.75. The molecule has 11 rings (SSSR count). The first kappa shape index (κ1) is 33.4. The van der Waals surface area contributed by atoms with Gasteiger partial charge in [-0.3, -0.25) is 4.40 Å². The van der Waals surface area contributed by atoms with Crippen molar-refractivity contribution < 1.29 is 0 Å². The van der Waals surface area contributed by atoms with Crippen molar-refractivity contribution in [2.24, 2.45) is 0 Å². The van der Waals surface area contributed by atoms with Crippen molar-refractivity contribution in [3.8, 4) is 72.8 Å². The third-order valence-corrected chi connectivity index (χ3v) is 11.0. The van der Waals surface area contributed by atoms with E-state index in [1.165, 1.54) is 0 Å². The molecule has 0 aliphatic carbocycles. The smallest absolute Gasteiger partial charge is 0.237 e. The van der Waals surface area contributed by atoms with Gasteiger partial charge in [0.05, 0.1) is 27.8 Å². The van der Waals surface area contributed by atoms with Crippen LogP contribution in [0.4, 0.5) is 0 Å². The van der Waals surface area contributed by atoms with Gasteiger partial charge in [-0.1, -0.05) is 176 Å². The molecule has 0 spiro atoms. The number of fused-ring (bicyclic) bond motifs is 5. The highest BCUT2D eigenvalue weighted by Crippen LogP contribution is 2.55. The van der Waals surface area contributed by atoms with Crippen molar-refractivity contribution in [3.63, 3.8) is 0 Å². The standard InChI is InChI=1S/C53H35N5/c1-6-20-36(21-7-1)46-47(37-22-8-2-9-23-37)49(39-26-12-4-13-27-39)51(50(40-28-14-5-15-29-40)48(46)38-24-10-3-11-25-38)42-34-35-54-52(55-42)58-45-33-19-18-32-44(45)57-43-31-17-16-30-41(43)56-53(57)58/h1-35H. The van der Waals surface area contributed by atoms with Crippen LogP contribution < -0.4 is 0 Å². The maximum Gasteiger partial charge on any atom is 0.237 e. The summed E-state index contributed by atoms with van der Waals surface area (Å²) in [6, 6.07) is 72.7. The van der Waals surface area contributed by atoms with Crippen molar-refractivity contribution >= 4 is 27.8 Å². The third-order valence-electron chi connectivity index (χ3n) is 11.0. The van der Waals surface area contributed by atoms with Crippen LogP contribution in [0.1, 0.15) is 0 Å². The van der Waals surface area contributed by atoms with E-state index in [9.17, 15) is 0 Å². The molecule has 0 unspecified atom stereocenters. The Morgan fingerprint density at radius 2 is 0.690 bits per heavy atom. The Morgan fingerprint density at radius 3 is 1.16 bits per heavy atom. The molecule has 0 radical (unpaired) electrons. The van der Waals surface area contributed by atoms with Crippen LogP contribution in [0.3, 0.4) is 0 Å². The molecule has 0 saturated heterocycles. The molecule has 11 aromatic rings. The van der Waals surface area contributed by atoms with Crippen molar-refractivity contribution in [3.05, 3.63) is 212 Å². The normalized spacial score (nSPS) is 11.4.